The van der Waals surface area contributed by atoms with Gasteiger partial charge in [-0.1, -0.05) is 48.6 Å². The van der Waals surface area contributed by atoms with E-state index in [9.17, 15) is 5.11 Å². The Balaban J connectivity index is 1.50. The lowest BCUT2D eigenvalue weighted by molar-refractivity contribution is -0.0336. The Hall–Kier alpha value is -1.58. The standard InChI is InChI=1S/C22H26N2O/c25-19-12-16-14(20-13-5-1-2-7-17(13)24-21(19)20)11-18-15-6-3-4-8-22(15,16)9-10-23-18/h1-7,11,13-14,16-17,19-21,23-25H,8-10,12H2. The number of allylic oxidation sites excluding steroid dienone is 7. The van der Waals surface area contributed by atoms with E-state index in [2.05, 4.69) is 59.2 Å². The zero-order valence-corrected chi connectivity index (χ0v) is 14.4. The fraction of sp³-hybridized carbons (Fsp3) is 0.545. The van der Waals surface area contributed by atoms with Crippen molar-refractivity contribution in [3.05, 3.63) is 59.9 Å². The number of hydrogen-bond donors (Lipinski definition) is 3. The molecule has 0 radical (unpaired) electrons. The molecule has 2 heterocycles. The first-order valence-corrected chi connectivity index (χ1v) is 9.90. The van der Waals surface area contributed by atoms with Gasteiger partial charge in [0, 0.05) is 35.7 Å². The summed E-state index contributed by atoms with van der Waals surface area (Å²) in [6, 6.07) is 0.613. The summed E-state index contributed by atoms with van der Waals surface area (Å²) in [6.07, 6.45) is 21.5. The number of nitrogens with one attached hydrogen (secondary N) is 2. The first-order chi connectivity index (χ1) is 12.3. The highest BCUT2D eigenvalue weighted by Gasteiger charge is 2.60. The number of aliphatic hydroxyl groups excluding tert-OH is 1. The zero-order valence-electron chi connectivity index (χ0n) is 14.4. The molecule has 0 amide bonds. The van der Waals surface area contributed by atoms with E-state index in [1.165, 1.54) is 17.7 Å². The maximum atomic E-state index is 11.1. The monoisotopic (exact) mass is 334 g/mol. The molecular weight excluding hydrogens is 308 g/mol. The Morgan fingerprint density at radius 3 is 3.00 bits per heavy atom. The molecule has 3 fully saturated rings. The van der Waals surface area contributed by atoms with Crippen molar-refractivity contribution in [3.8, 4) is 0 Å². The van der Waals surface area contributed by atoms with Crippen molar-refractivity contribution in [2.75, 3.05) is 6.54 Å². The average molecular weight is 334 g/mol. The Morgan fingerprint density at radius 2 is 2.04 bits per heavy atom. The second-order valence-electron chi connectivity index (χ2n) is 8.76. The number of rotatable bonds is 0. The Kier molecular flexibility index (Phi) is 2.91. The van der Waals surface area contributed by atoms with Crippen LogP contribution in [0.25, 0.3) is 0 Å². The van der Waals surface area contributed by atoms with Crippen molar-refractivity contribution in [1.29, 1.82) is 0 Å². The van der Waals surface area contributed by atoms with Crippen LogP contribution >= 0.6 is 0 Å². The number of piperidine rings is 1. The van der Waals surface area contributed by atoms with Crippen molar-refractivity contribution in [2.45, 2.75) is 37.5 Å². The highest BCUT2D eigenvalue weighted by atomic mass is 16.3. The SMILES string of the molecule is OC1CC2C(C=C3NCCC24CC=CC=C34)C2C3C=CC=CC3NC12. The van der Waals surface area contributed by atoms with Gasteiger partial charge in [-0.15, -0.1) is 0 Å². The molecule has 8 unspecified atom stereocenters. The maximum Gasteiger partial charge on any atom is 0.0699 e. The van der Waals surface area contributed by atoms with E-state index in [0.717, 1.165) is 19.4 Å². The van der Waals surface area contributed by atoms with Gasteiger partial charge in [0.2, 0.25) is 0 Å². The normalized spacial score (nSPS) is 51.5. The van der Waals surface area contributed by atoms with Gasteiger partial charge >= 0.3 is 0 Å². The molecule has 3 N–H and O–H groups in total. The Morgan fingerprint density at radius 1 is 1.12 bits per heavy atom. The molecule has 2 bridgehead atoms. The first kappa shape index (κ1) is 14.6. The smallest absolute Gasteiger partial charge is 0.0699 e. The van der Waals surface area contributed by atoms with E-state index in [0.29, 0.717) is 29.7 Å². The molecule has 2 saturated heterocycles. The van der Waals surface area contributed by atoms with E-state index >= 15 is 0 Å². The largest absolute Gasteiger partial charge is 0.391 e. The van der Waals surface area contributed by atoms with E-state index < -0.39 is 0 Å². The van der Waals surface area contributed by atoms with Gasteiger partial charge in [0.15, 0.2) is 0 Å². The van der Waals surface area contributed by atoms with Crippen LogP contribution in [0.2, 0.25) is 0 Å². The van der Waals surface area contributed by atoms with Gasteiger partial charge in [-0.05, 0) is 42.6 Å². The van der Waals surface area contributed by atoms with Gasteiger partial charge < -0.3 is 15.7 Å². The number of aliphatic hydroxyl groups is 1. The van der Waals surface area contributed by atoms with Crippen LogP contribution in [-0.4, -0.2) is 29.8 Å². The van der Waals surface area contributed by atoms with Crippen molar-refractivity contribution in [1.82, 2.24) is 10.6 Å². The second-order valence-corrected chi connectivity index (χ2v) is 8.76. The summed E-state index contributed by atoms with van der Waals surface area (Å²) in [5.74, 6) is 2.12. The summed E-state index contributed by atoms with van der Waals surface area (Å²) in [5, 5.41) is 18.5. The quantitative estimate of drug-likeness (QED) is 0.638. The van der Waals surface area contributed by atoms with Gasteiger partial charge in [-0.2, -0.15) is 0 Å². The van der Waals surface area contributed by atoms with Crippen molar-refractivity contribution < 1.29 is 5.11 Å². The van der Waals surface area contributed by atoms with Gasteiger partial charge in [0.25, 0.3) is 0 Å². The predicted molar refractivity (Wildman–Crippen MR) is 98.6 cm³/mol. The summed E-state index contributed by atoms with van der Waals surface area (Å²) >= 11 is 0. The second kappa shape index (κ2) is 4.99. The van der Waals surface area contributed by atoms with E-state index in [1.807, 2.05) is 0 Å². The van der Waals surface area contributed by atoms with Gasteiger partial charge in [0.05, 0.1) is 6.10 Å². The topological polar surface area (TPSA) is 44.3 Å². The van der Waals surface area contributed by atoms with Crippen molar-refractivity contribution >= 4 is 0 Å². The third-order valence-corrected chi connectivity index (χ3v) is 7.90. The third-order valence-electron chi connectivity index (χ3n) is 7.90. The number of fused-ring (bicyclic) bond motifs is 5. The molecule has 0 aromatic heterocycles. The van der Waals surface area contributed by atoms with Gasteiger partial charge in [-0.25, -0.2) is 0 Å². The summed E-state index contributed by atoms with van der Waals surface area (Å²) < 4.78 is 0. The van der Waals surface area contributed by atoms with E-state index in [4.69, 9.17) is 0 Å². The minimum Gasteiger partial charge on any atom is -0.391 e. The summed E-state index contributed by atoms with van der Waals surface area (Å²) in [4.78, 5) is 0. The summed E-state index contributed by atoms with van der Waals surface area (Å²) in [7, 11) is 0. The fourth-order valence-corrected chi connectivity index (χ4v) is 6.95. The lowest BCUT2D eigenvalue weighted by atomic mass is 9.49. The molecule has 3 heteroatoms. The molecule has 6 aliphatic rings. The molecule has 0 aromatic rings. The van der Waals surface area contributed by atoms with Crippen LogP contribution in [0.4, 0.5) is 0 Å². The summed E-state index contributed by atoms with van der Waals surface area (Å²) in [5.41, 5.74) is 3.13. The molecule has 3 nitrogen and oxygen atoms in total. The third kappa shape index (κ3) is 1.78. The summed E-state index contributed by atoms with van der Waals surface area (Å²) in [6.45, 7) is 1.07. The predicted octanol–water partition coefficient (Wildman–Crippen LogP) is 2.45. The van der Waals surface area contributed by atoms with Gasteiger partial charge in [0.1, 0.15) is 0 Å². The van der Waals surface area contributed by atoms with Crippen LogP contribution in [0.15, 0.2) is 59.9 Å². The van der Waals surface area contributed by atoms with E-state index in [-0.39, 0.29) is 17.6 Å². The molecule has 130 valence electrons. The fourth-order valence-electron chi connectivity index (χ4n) is 6.95. The highest BCUT2D eigenvalue weighted by Crippen LogP contribution is 2.61. The average Bonchev–Trinajstić information content (AvgIpc) is 3.03. The van der Waals surface area contributed by atoms with Crippen LogP contribution < -0.4 is 10.6 Å². The zero-order chi connectivity index (χ0) is 16.6. The first-order valence-electron chi connectivity index (χ1n) is 9.90. The molecule has 6 rings (SSSR count). The Labute approximate surface area is 149 Å². The number of hydrogen-bond acceptors (Lipinski definition) is 3. The molecule has 1 saturated carbocycles. The van der Waals surface area contributed by atoms with Crippen LogP contribution in [0.1, 0.15) is 19.3 Å². The minimum absolute atomic E-state index is 0.224. The maximum absolute atomic E-state index is 11.1. The van der Waals surface area contributed by atoms with Crippen molar-refractivity contribution in [2.24, 2.45) is 29.1 Å². The van der Waals surface area contributed by atoms with E-state index in [1.54, 1.807) is 0 Å². The molecule has 25 heavy (non-hydrogen) atoms. The van der Waals surface area contributed by atoms with Crippen molar-refractivity contribution in [3.63, 3.8) is 0 Å². The molecule has 0 aromatic carbocycles. The molecular formula is C22H26N2O. The Bertz CT molecular complexity index is 760. The van der Waals surface area contributed by atoms with Crippen LogP contribution in [-0.2, 0) is 0 Å². The minimum atomic E-state index is -0.231. The highest BCUT2D eigenvalue weighted by molar-refractivity contribution is 5.48. The molecule has 8 atom stereocenters. The van der Waals surface area contributed by atoms with Crippen LogP contribution in [0.5, 0.6) is 0 Å². The van der Waals surface area contributed by atoms with Gasteiger partial charge in [-0.3, -0.25) is 0 Å². The molecule has 2 aliphatic heterocycles. The lowest BCUT2D eigenvalue weighted by Gasteiger charge is -2.58. The lowest BCUT2D eigenvalue weighted by Crippen LogP contribution is -2.58. The molecule has 0 spiro atoms. The van der Waals surface area contributed by atoms with Crippen LogP contribution in [0, 0.1) is 29.1 Å². The van der Waals surface area contributed by atoms with Crippen LogP contribution in [0.3, 0.4) is 0 Å². The molecule has 4 aliphatic carbocycles.